The Balaban J connectivity index is 2.04. The van der Waals surface area contributed by atoms with Gasteiger partial charge in [0.2, 0.25) is 0 Å². The van der Waals surface area contributed by atoms with Crippen molar-refractivity contribution in [2.24, 2.45) is 0 Å². The second-order valence-corrected chi connectivity index (χ2v) is 4.30. The van der Waals surface area contributed by atoms with Crippen LogP contribution in [0.2, 0.25) is 5.02 Å². The van der Waals surface area contributed by atoms with E-state index in [9.17, 15) is 14.5 Å². The number of halogens is 2. The van der Waals surface area contributed by atoms with Crippen molar-refractivity contribution in [1.82, 2.24) is 0 Å². The summed E-state index contributed by atoms with van der Waals surface area (Å²) in [7, 11) is 0. The van der Waals surface area contributed by atoms with E-state index in [0.29, 0.717) is 11.6 Å². The van der Waals surface area contributed by atoms with E-state index in [2.05, 4.69) is 5.32 Å². The Kier molecular flexibility index (Phi) is 3.97. The highest BCUT2D eigenvalue weighted by atomic mass is 35.5. The van der Waals surface area contributed by atoms with Crippen molar-refractivity contribution in [2.75, 3.05) is 5.32 Å². The fourth-order valence-corrected chi connectivity index (χ4v) is 1.80. The highest BCUT2D eigenvalue weighted by Crippen LogP contribution is 2.20. The Bertz CT molecular complexity index is 602. The van der Waals surface area contributed by atoms with Crippen LogP contribution in [0.15, 0.2) is 42.5 Å². The molecule has 0 amide bonds. The molecular weight excluding hydrogens is 271 g/mol. The maximum atomic E-state index is 12.9. The van der Waals surface area contributed by atoms with Crippen LogP contribution in [-0.4, -0.2) is 4.92 Å². The molecule has 6 heteroatoms. The van der Waals surface area contributed by atoms with Crippen molar-refractivity contribution in [2.45, 2.75) is 6.54 Å². The Hall–Kier alpha value is -2.14. The summed E-state index contributed by atoms with van der Waals surface area (Å²) in [4.78, 5) is 10.0. The fraction of sp³-hybridized carbons (Fsp3) is 0.0769. The predicted octanol–water partition coefficient (Wildman–Crippen LogP) is 4.00. The van der Waals surface area contributed by atoms with E-state index in [0.717, 1.165) is 11.3 Å². The van der Waals surface area contributed by atoms with Crippen LogP contribution in [0.25, 0.3) is 0 Å². The first-order valence-electron chi connectivity index (χ1n) is 5.48. The quantitative estimate of drug-likeness (QED) is 0.680. The summed E-state index contributed by atoms with van der Waals surface area (Å²) in [6, 6.07) is 10.2. The Morgan fingerprint density at radius 1 is 1.21 bits per heavy atom. The van der Waals surface area contributed by atoms with Crippen LogP contribution in [0.5, 0.6) is 0 Å². The number of benzene rings is 2. The number of nitro benzene ring substituents is 1. The molecule has 2 rings (SSSR count). The molecular formula is C13H10ClFN2O2. The molecule has 0 unspecified atom stereocenters. The number of nitro groups is 1. The molecule has 4 nitrogen and oxygen atoms in total. The zero-order chi connectivity index (χ0) is 13.8. The zero-order valence-electron chi connectivity index (χ0n) is 9.77. The Morgan fingerprint density at radius 3 is 2.47 bits per heavy atom. The first-order valence-corrected chi connectivity index (χ1v) is 5.86. The van der Waals surface area contributed by atoms with E-state index in [-0.39, 0.29) is 11.5 Å². The lowest BCUT2D eigenvalue weighted by atomic mass is 10.2. The van der Waals surface area contributed by atoms with Gasteiger partial charge in [-0.15, -0.1) is 0 Å². The molecule has 19 heavy (non-hydrogen) atoms. The number of non-ortho nitro benzene ring substituents is 1. The van der Waals surface area contributed by atoms with Gasteiger partial charge in [0.05, 0.1) is 4.92 Å². The third kappa shape index (κ3) is 3.42. The summed E-state index contributed by atoms with van der Waals surface area (Å²) >= 11 is 5.89. The normalized spacial score (nSPS) is 10.2. The molecule has 0 spiro atoms. The van der Waals surface area contributed by atoms with E-state index in [1.165, 1.54) is 24.3 Å². The monoisotopic (exact) mass is 280 g/mol. The molecule has 0 fully saturated rings. The van der Waals surface area contributed by atoms with Crippen LogP contribution in [0.4, 0.5) is 15.8 Å². The van der Waals surface area contributed by atoms with Gasteiger partial charge in [-0.05, 0) is 29.8 Å². The van der Waals surface area contributed by atoms with Gasteiger partial charge in [-0.1, -0.05) is 17.7 Å². The molecule has 0 aliphatic rings. The van der Waals surface area contributed by atoms with Gasteiger partial charge in [0.1, 0.15) is 5.82 Å². The van der Waals surface area contributed by atoms with E-state index in [1.54, 1.807) is 18.2 Å². The van der Waals surface area contributed by atoms with Gasteiger partial charge in [0.25, 0.3) is 5.69 Å². The van der Waals surface area contributed by atoms with Crippen LogP contribution in [-0.2, 0) is 6.54 Å². The molecule has 1 N–H and O–H groups in total. The van der Waals surface area contributed by atoms with Gasteiger partial charge in [-0.2, -0.15) is 0 Å². The molecule has 0 atom stereocenters. The highest BCUT2D eigenvalue weighted by molar-refractivity contribution is 6.31. The van der Waals surface area contributed by atoms with Gasteiger partial charge < -0.3 is 5.32 Å². The summed E-state index contributed by atoms with van der Waals surface area (Å²) in [5.41, 5.74) is 1.51. The second-order valence-electron chi connectivity index (χ2n) is 3.89. The lowest BCUT2D eigenvalue weighted by molar-refractivity contribution is -0.384. The smallest absolute Gasteiger partial charge is 0.269 e. The summed E-state index contributed by atoms with van der Waals surface area (Å²) in [5.74, 6) is -0.385. The molecule has 0 radical (unpaired) electrons. The van der Waals surface area contributed by atoms with Crippen molar-refractivity contribution in [3.8, 4) is 0 Å². The van der Waals surface area contributed by atoms with Crippen molar-refractivity contribution in [1.29, 1.82) is 0 Å². The van der Waals surface area contributed by atoms with Crippen molar-refractivity contribution >= 4 is 23.0 Å². The van der Waals surface area contributed by atoms with Crippen LogP contribution in [0.3, 0.4) is 0 Å². The summed E-state index contributed by atoms with van der Waals surface area (Å²) in [6.45, 7) is 0.414. The van der Waals surface area contributed by atoms with E-state index in [1.807, 2.05) is 0 Å². The Morgan fingerprint density at radius 2 is 1.89 bits per heavy atom. The van der Waals surface area contributed by atoms with Crippen LogP contribution in [0.1, 0.15) is 5.56 Å². The molecule has 0 bridgehead atoms. The van der Waals surface area contributed by atoms with Crippen molar-refractivity contribution in [3.05, 3.63) is 69.0 Å². The average molecular weight is 281 g/mol. The van der Waals surface area contributed by atoms with Gasteiger partial charge in [-0.25, -0.2) is 4.39 Å². The summed E-state index contributed by atoms with van der Waals surface area (Å²) in [5, 5.41) is 13.9. The minimum Gasteiger partial charge on any atom is -0.381 e. The third-order valence-electron chi connectivity index (χ3n) is 2.58. The highest BCUT2D eigenvalue weighted by Gasteiger charge is 2.05. The molecule has 0 aromatic heterocycles. The summed E-state index contributed by atoms with van der Waals surface area (Å²) in [6.07, 6.45) is 0. The molecule has 2 aromatic rings. The van der Waals surface area contributed by atoms with Gasteiger partial charge in [0.15, 0.2) is 0 Å². The standard InChI is InChI=1S/C13H10ClFN2O2/c14-13-7-10(15)2-1-9(13)8-16-11-3-5-12(6-4-11)17(18)19/h1-7,16H,8H2. The largest absolute Gasteiger partial charge is 0.381 e. The number of rotatable bonds is 4. The minimum absolute atomic E-state index is 0.0327. The predicted molar refractivity (Wildman–Crippen MR) is 71.8 cm³/mol. The SMILES string of the molecule is O=[N+]([O-])c1ccc(NCc2ccc(F)cc2Cl)cc1. The first kappa shape index (κ1) is 13.3. The average Bonchev–Trinajstić information content (AvgIpc) is 2.38. The molecule has 0 saturated carbocycles. The lowest BCUT2D eigenvalue weighted by Crippen LogP contribution is -2.00. The molecule has 0 aliphatic carbocycles. The maximum Gasteiger partial charge on any atom is 0.269 e. The minimum atomic E-state index is -0.458. The van der Waals surface area contributed by atoms with Crippen LogP contribution < -0.4 is 5.32 Å². The second kappa shape index (κ2) is 5.67. The number of anilines is 1. The van der Waals surface area contributed by atoms with Crippen molar-refractivity contribution < 1.29 is 9.31 Å². The van der Waals surface area contributed by atoms with Crippen molar-refractivity contribution in [3.63, 3.8) is 0 Å². The molecule has 2 aromatic carbocycles. The van der Waals surface area contributed by atoms with Crippen LogP contribution >= 0.6 is 11.6 Å². The molecule has 0 saturated heterocycles. The fourth-order valence-electron chi connectivity index (χ4n) is 1.56. The van der Waals surface area contributed by atoms with E-state index >= 15 is 0 Å². The van der Waals surface area contributed by atoms with Crippen LogP contribution in [0, 0.1) is 15.9 Å². The first-order chi connectivity index (χ1) is 9.06. The number of hydrogen-bond acceptors (Lipinski definition) is 3. The number of nitrogens with one attached hydrogen (secondary N) is 1. The number of hydrogen-bond donors (Lipinski definition) is 1. The maximum absolute atomic E-state index is 12.9. The zero-order valence-corrected chi connectivity index (χ0v) is 10.5. The third-order valence-corrected chi connectivity index (χ3v) is 2.93. The molecule has 0 aliphatic heterocycles. The van der Waals surface area contributed by atoms with Gasteiger partial charge in [0, 0.05) is 29.4 Å². The van der Waals surface area contributed by atoms with Gasteiger partial charge >= 0.3 is 0 Å². The topological polar surface area (TPSA) is 55.2 Å². The lowest BCUT2D eigenvalue weighted by Gasteiger charge is -2.08. The molecule has 0 heterocycles. The Labute approximate surface area is 114 Å². The van der Waals surface area contributed by atoms with Gasteiger partial charge in [-0.3, -0.25) is 10.1 Å². The molecule has 98 valence electrons. The number of nitrogens with zero attached hydrogens (tertiary/aromatic N) is 1. The summed E-state index contributed by atoms with van der Waals surface area (Å²) < 4.78 is 12.9. The van der Waals surface area contributed by atoms with E-state index in [4.69, 9.17) is 11.6 Å². The van der Waals surface area contributed by atoms with E-state index < -0.39 is 4.92 Å².